The average molecular weight is 425 g/mol. The van der Waals surface area contributed by atoms with Crippen molar-refractivity contribution >= 4 is 28.3 Å². The van der Waals surface area contributed by atoms with Crippen molar-refractivity contribution in [3.8, 4) is 23.1 Å². The van der Waals surface area contributed by atoms with E-state index in [1.54, 1.807) is 7.11 Å². The number of rotatable bonds is 5. The number of hydrogen-bond acceptors (Lipinski definition) is 3. The highest BCUT2D eigenvalue weighted by Gasteiger charge is 2.19. The number of benzene rings is 3. The number of aromatic nitrogens is 1. The maximum Gasteiger partial charge on any atom is 0.323 e. The van der Waals surface area contributed by atoms with Crippen molar-refractivity contribution in [3.63, 3.8) is 0 Å². The van der Waals surface area contributed by atoms with E-state index in [-0.39, 0.29) is 6.03 Å². The SMILES string of the molecule is CCn1c(-c2cccc(NC(=O)Nc3ccccc3C)c2)c(C#N)c2ccc(OC)cc21. The van der Waals surface area contributed by atoms with Gasteiger partial charge >= 0.3 is 6.03 Å². The molecule has 2 amide bonds. The molecule has 6 nitrogen and oxygen atoms in total. The molecule has 0 spiro atoms. The number of methoxy groups -OCH3 is 1. The minimum absolute atomic E-state index is 0.322. The van der Waals surface area contributed by atoms with Gasteiger partial charge in [0.15, 0.2) is 0 Å². The molecule has 1 aromatic heterocycles. The van der Waals surface area contributed by atoms with Crippen LogP contribution in [-0.2, 0) is 6.54 Å². The van der Waals surface area contributed by atoms with Gasteiger partial charge in [-0.15, -0.1) is 0 Å². The van der Waals surface area contributed by atoms with Gasteiger partial charge in [0.05, 0.1) is 23.9 Å². The monoisotopic (exact) mass is 424 g/mol. The van der Waals surface area contributed by atoms with Gasteiger partial charge in [0.2, 0.25) is 0 Å². The molecule has 4 aromatic rings. The van der Waals surface area contributed by atoms with Crippen LogP contribution in [0.15, 0.2) is 66.7 Å². The number of ether oxygens (including phenoxy) is 1. The Balaban J connectivity index is 1.71. The summed E-state index contributed by atoms with van der Waals surface area (Å²) in [7, 11) is 1.63. The number of nitrogens with zero attached hydrogens (tertiary/aromatic N) is 2. The van der Waals surface area contributed by atoms with Gasteiger partial charge in [-0.05, 0) is 49.7 Å². The first-order valence-electron chi connectivity index (χ1n) is 10.4. The van der Waals surface area contributed by atoms with Crippen LogP contribution in [-0.4, -0.2) is 17.7 Å². The van der Waals surface area contributed by atoms with E-state index in [1.165, 1.54) is 0 Å². The van der Waals surface area contributed by atoms with Crippen LogP contribution in [0, 0.1) is 18.3 Å². The van der Waals surface area contributed by atoms with Gasteiger partial charge in [-0.1, -0.05) is 30.3 Å². The molecule has 0 bridgehead atoms. The average Bonchev–Trinajstić information content (AvgIpc) is 3.13. The summed E-state index contributed by atoms with van der Waals surface area (Å²) >= 11 is 0. The third-order valence-electron chi connectivity index (χ3n) is 5.49. The van der Waals surface area contributed by atoms with Crippen molar-refractivity contribution in [1.29, 1.82) is 5.26 Å². The summed E-state index contributed by atoms with van der Waals surface area (Å²) in [5.41, 5.74) is 5.60. The number of nitriles is 1. The summed E-state index contributed by atoms with van der Waals surface area (Å²) in [6.45, 7) is 4.67. The molecule has 0 saturated carbocycles. The fraction of sp³-hybridized carbons (Fsp3) is 0.154. The molecule has 1 heterocycles. The molecule has 0 atom stereocenters. The fourth-order valence-electron chi connectivity index (χ4n) is 3.94. The van der Waals surface area contributed by atoms with E-state index in [0.717, 1.165) is 39.2 Å². The van der Waals surface area contributed by atoms with Crippen molar-refractivity contribution < 1.29 is 9.53 Å². The Morgan fingerprint density at radius 2 is 1.88 bits per heavy atom. The lowest BCUT2D eigenvalue weighted by atomic mass is 10.1. The second-order valence-corrected chi connectivity index (χ2v) is 7.44. The number of nitrogens with one attached hydrogen (secondary N) is 2. The van der Waals surface area contributed by atoms with Crippen LogP contribution < -0.4 is 15.4 Å². The largest absolute Gasteiger partial charge is 0.497 e. The van der Waals surface area contributed by atoms with Crippen molar-refractivity contribution in [1.82, 2.24) is 4.57 Å². The number of aryl methyl sites for hydroxylation is 2. The fourth-order valence-corrected chi connectivity index (χ4v) is 3.94. The normalized spacial score (nSPS) is 10.6. The van der Waals surface area contributed by atoms with Crippen molar-refractivity contribution in [2.75, 3.05) is 17.7 Å². The molecule has 0 aliphatic carbocycles. The van der Waals surface area contributed by atoms with E-state index in [0.29, 0.717) is 17.8 Å². The van der Waals surface area contributed by atoms with E-state index in [2.05, 4.69) is 21.3 Å². The van der Waals surface area contributed by atoms with Crippen molar-refractivity contribution in [3.05, 3.63) is 77.9 Å². The first-order valence-corrected chi connectivity index (χ1v) is 10.4. The van der Waals surface area contributed by atoms with Crippen LogP contribution in [0.1, 0.15) is 18.1 Å². The third kappa shape index (κ3) is 3.88. The van der Waals surface area contributed by atoms with E-state index in [4.69, 9.17) is 4.74 Å². The molecule has 0 fully saturated rings. The standard InChI is InChI=1S/C26H24N4O2/c1-4-30-24-15-20(32-3)12-13-21(24)22(16-27)25(30)18-9-7-10-19(14-18)28-26(31)29-23-11-6-5-8-17(23)2/h5-15H,4H2,1-3H3,(H2,28,29,31). The van der Waals surface area contributed by atoms with Crippen LogP contribution in [0.3, 0.4) is 0 Å². The molecule has 3 aromatic carbocycles. The first kappa shape index (κ1) is 21.0. The number of anilines is 2. The van der Waals surface area contributed by atoms with Gasteiger partial charge in [0.1, 0.15) is 11.8 Å². The predicted octanol–water partition coefficient (Wildman–Crippen LogP) is 6.16. The highest BCUT2D eigenvalue weighted by atomic mass is 16.5. The van der Waals surface area contributed by atoms with Gasteiger partial charge in [0.25, 0.3) is 0 Å². The lowest BCUT2D eigenvalue weighted by Gasteiger charge is -2.12. The van der Waals surface area contributed by atoms with E-state index >= 15 is 0 Å². The zero-order valence-corrected chi connectivity index (χ0v) is 18.3. The van der Waals surface area contributed by atoms with Crippen LogP contribution in [0.5, 0.6) is 5.75 Å². The highest BCUT2D eigenvalue weighted by molar-refractivity contribution is 6.01. The zero-order chi connectivity index (χ0) is 22.7. The Morgan fingerprint density at radius 1 is 1.06 bits per heavy atom. The lowest BCUT2D eigenvalue weighted by Crippen LogP contribution is -2.19. The Hall–Kier alpha value is -4.24. The summed E-state index contributed by atoms with van der Waals surface area (Å²) in [6.07, 6.45) is 0. The molecule has 4 rings (SSSR count). The van der Waals surface area contributed by atoms with Crippen molar-refractivity contribution in [2.24, 2.45) is 0 Å². The Kier molecular flexibility index (Phi) is 5.82. The minimum Gasteiger partial charge on any atom is -0.497 e. The summed E-state index contributed by atoms with van der Waals surface area (Å²) in [6, 6.07) is 22.9. The molecular weight excluding hydrogens is 400 g/mol. The number of hydrogen-bond donors (Lipinski definition) is 2. The van der Waals surface area contributed by atoms with Gasteiger partial charge in [-0.2, -0.15) is 5.26 Å². The molecular formula is C26H24N4O2. The van der Waals surface area contributed by atoms with Gasteiger partial charge < -0.3 is 19.9 Å². The number of carbonyl (C=O) groups excluding carboxylic acids is 1. The molecule has 32 heavy (non-hydrogen) atoms. The Bertz CT molecular complexity index is 1350. The van der Waals surface area contributed by atoms with Crippen LogP contribution in [0.2, 0.25) is 0 Å². The highest BCUT2D eigenvalue weighted by Crippen LogP contribution is 2.36. The summed E-state index contributed by atoms with van der Waals surface area (Å²) in [5.74, 6) is 0.740. The predicted molar refractivity (Wildman–Crippen MR) is 128 cm³/mol. The molecule has 0 aliphatic heterocycles. The van der Waals surface area contributed by atoms with Gasteiger partial charge in [-0.25, -0.2) is 4.79 Å². The lowest BCUT2D eigenvalue weighted by molar-refractivity contribution is 0.262. The zero-order valence-electron chi connectivity index (χ0n) is 18.3. The summed E-state index contributed by atoms with van der Waals surface area (Å²) < 4.78 is 7.48. The molecule has 6 heteroatoms. The topological polar surface area (TPSA) is 79.1 Å². The smallest absolute Gasteiger partial charge is 0.323 e. The maximum atomic E-state index is 12.5. The van der Waals surface area contributed by atoms with E-state index < -0.39 is 0 Å². The van der Waals surface area contributed by atoms with E-state index in [9.17, 15) is 10.1 Å². The quantitative estimate of drug-likeness (QED) is 0.403. The van der Waals surface area contributed by atoms with Crippen molar-refractivity contribution in [2.45, 2.75) is 20.4 Å². The summed E-state index contributed by atoms with van der Waals surface area (Å²) in [5, 5.41) is 16.6. The molecule has 0 saturated heterocycles. The van der Waals surface area contributed by atoms with E-state index in [1.807, 2.05) is 80.6 Å². The number of amides is 2. The van der Waals surface area contributed by atoms with Gasteiger partial charge in [0, 0.05) is 34.9 Å². The second kappa shape index (κ2) is 8.86. The second-order valence-electron chi connectivity index (χ2n) is 7.44. The number of urea groups is 1. The van der Waals surface area contributed by atoms with Crippen LogP contribution in [0.4, 0.5) is 16.2 Å². The van der Waals surface area contributed by atoms with Gasteiger partial charge in [-0.3, -0.25) is 0 Å². The third-order valence-corrected chi connectivity index (χ3v) is 5.49. The van der Waals surface area contributed by atoms with Crippen LogP contribution in [0.25, 0.3) is 22.2 Å². The first-order chi connectivity index (χ1) is 15.5. The molecule has 2 N–H and O–H groups in total. The molecule has 0 aliphatic rings. The molecule has 160 valence electrons. The number of carbonyl (C=O) groups is 1. The molecule has 0 unspecified atom stereocenters. The maximum absolute atomic E-state index is 12.5. The number of fused-ring (bicyclic) bond motifs is 1. The molecule has 0 radical (unpaired) electrons. The Morgan fingerprint density at radius 3 is 2.59 bits per heavy atom. The van der Waals surface area contributed by atoms with Crippen LogP contribution >= 0.6 is 0 Å². The number of para-hydroxylation sites is 1. The summed E-state index contributed by atoms with van der Waals surface area (Å²) in [4.78, 5) is 12.5. The minimum atomic E-state index is -0.322. The Labute approximate surface area is 187 Å².